The van der Waals surface area contributed by atoms with Crippen LogP contribution in [-0.2, 0) is 16.6 Å². The van der Waals surface area contributed by atoms with E-state index < -0.39 is 24.0 Å². The van der Waals surface area contributed by atoms with E-state index in [-0.39, 0.29) is 30.5 Å². The smallest absolute Gasteiger partial charge is 0.412 e. The molecule has 3 aromatic rings. The molecule has 1 aliphatic carbocycles. The first kappa shape index (κ1) is 23.0. The van der Waals surface area contributed by atoms with Gasteiger partial charge in [0.1, 0.15) is 12.3 Å². The number of benzene rings is 2. The van der Waals surface area contributed by atoms with E-state index in [1.165, 1.54) is 10.7 Å². The van der Waals surface area contributed by atoms with Gasteiger partial charge in [0.05, 0.1) is 6.42 Å². The van der Waals surface area contributed by atoms with Crippen LogP contribution in [0.2, 0.25) is 0 Å². The molecule has 9 heteroatoms. The number of aromatic nitrogens is 2. The lowest BCUT2D eigenvalue weighted by Crippen LogP contribution is -2.36. The molecule has 4 rings (SSSR count). The average Bonchev–Trinajstić information content (AvgIpc) is 3.34. The Morgan fingerprint density at radius 3 is 2.29 bits per heavy atom. The van der Waals surface area contributed by atoms with Crippen molar-refractivity contribution in [1.29, 1.82) is 0 Å². The standard InChI is InChI=1S/C25H26N4O5/c1-3-15(12-23(30)31)26-24(32)21-13-22(28-29(21)2)27-25(33)34-14-20-18-10-6-4-8-16(18)17-9-5-7-11-19(17)20/h4-11,13,15,20H,3,12,14H2,1-2H3,(H,26,32)(H,30,31)(H,27,28,33)/t15-/m1/s1. The van der Waals surface area contributed by atoms with E-state index in [1.807, 2.05) is 36.4 Å². The van der Waals surface area contributed by atoms with Crippen molar-refractivity contribution in [2.45, 2.75) is 31.7 Å². The Labute approximate surface area is 196 Å². The highest BCUT2D eigenvalue weighted by molar-refractivity contribution is 5.95. The van der Waals surface area contributed by atoms with Crippen LogP contribution in [0.25, 0.3) is 11.1 Å². The van der Waals surface area contributed by atoms with Crippen LogP contribution in [0.1, 0.15) is 47.3 Å². The van der Waals surface area contributed by atoms with Crippen molar-refractivity contribution in [2.24, 2.45) is 7.05 Å². The number of anilines is 1. The first-order valence-electron chi connectivity index (χ1n) is 11.1. The van der Waals surface area contributed by atoms with E-state index in [9.17, 15) is 14.4 Å². The highest BCUT2D eigenvalue weighted by Gasteiger charge is 2.29. The van der Waals surface area contributed by atoms with Crippen LogP contribution in [0.4, 0.5) is 10.6 Å². The van der Waals surface area contributed by atoms with E-state index >= 15 is 0 Å². The van der Waals surface area contributed by atoms with E-state index in [0.717, 1.165) is 22.3 Å². The first-order valence-corrected chi connectivity index (χ1v) is 11.1. The van der Waals surface area contributed by atoms with Gasteiger partial charge >= 0.3 is 12.1 Å². The van der Waals surface area contributed by atoms with Crippen molar-refractivity contribution < 1.29 is 24.2 Å². The number of fused-ring (bicyclic) bond motifs is 3. The minimum absolute atomic E-state index is 0.0663. The molecule has 0 saturated carbocycles. The Bertz CT molecular complexity index is 1190. The van der Waals surface area contributed by atoms with Crippen LogP contribution in [0.15, 0.2) is 54.6 Å². The average molecular weight is 463 g/mol. The predicted molar refractivity (Wildman–Crippen MR) is 126 cm³/mol. The summed E-state index contributed by atoms with van der Waals surface area (Å²) in [5, 5.41) is 18.3. The van der Waals surface area contributed by atoms with Crippen LogP contribution in [0, 0.1) is 0 Å². The second kappa shape index (κ2) is 9.78. The Kier molecular flexibility index (Phi) is 6.62. The lowest BCUT2D eigenvalue weighted by Gasteiger charge is -2.14. The summed E-state index contributed by atoms with van der Waals surface area (Å²) in [7, 11) is 1.57. The number of rotatable bonds is 8. The van der Waals surface area contributed by atoms with E-state index in [2.05, 4.69) is 27.9 Å². The lowest BCUT2D eigenvalue weighted by molar-refractivity contribution is -0.137. The number of carbonyl (C=O) groups excluding carboxylic acids is 2. The summed E-state index contributed by atoms with van der Waals surface area (Å²) in [6.07, 6.45) is -0.379. The summed E-state index contributed by atoms with van der Waals surface area (Å²) in [6.45, 7) is 1.95. The SMILES string of the molecule is CC[C@H](CC(=O)O)NC(=O)c1cc(NC(=O)OCC2c3ccccc3-c3ccccc32)nn1C. The third-order valence-electron chi connectivity index (χ3n) is 5.94. The molecule has 1 heterocycles. The van der Waals surface area contributed by atoms with Gasteiger partial charge in [0.2, 0.25) is 0 Å². The lowest BCUT2D eigenvalue weighted by atomic mass is 9.98. The van der Waals surface area contributed by atoms with Crippen molar-refractivity contribution in [3.63, 3.8) is 0 Å². The van der Waals surface area contributed by atoms with Crippen molar-refractivity contribution >= 4 is 23.8 Å². The number of carboxylic acid groups (broad SMARTS) is 1. The third kappa shape index (κ3) is 4.78. The Morgan fingerprint density at radius 1 is 1.09 bits per heavy atom. The van der Waals surface area contributed by atoms with Gasteiger partial charge in [-0.1, -0.05) is 55.5 Å². The number of carboxylic acids is 1. The molecule has 0 aliphatic heterocycles. The van der Waals surface area contributed by atoms with Crippen LogP contribution < -0.4 is 10.6 Å². The predicted octanol–water partition coefficient (Wildman–Crippen LogP) is 3.76. The first-order chi connectivity index (χ1) is 16.4. The molecule has 1 aromatic heterocycles. The molecule has 2 aromatic carbocycles. The van der Waals surface area contributed by atoms with Gasteiger partial charge in [0.15, 0.2) is 5.82 Å². The van der Waals surface area contributed by atoms with Crippen molar-refractivity contribution in [2.75, 3.05) is 11.9 Å². The molecule has 0 saturated heterocycles. The molecule has 3 N–H and O–H groups in total. The number of carbonyl (C=O) groups is 3. The summed E-state index contributed by atoms with van der Waals surface area (Å²) in [5.41, 5.74) is 4.69. The summed E-state index contributed by atoms with van der Waals surface area (Å²) >= 11 is 0. The molecule has 34 heavy (non-hydrogen) atoms. The van der Waals surface area contributed by atoms with Crippen LogP contribution in [-0.4, -0.2) is 45.5 Å². The van der Waals surface area contributed by atoms with E-state index in [4.69, 9.17) is 9.84 Å². The van der Waals surface area contributed by atoms with Gasteiger partial charge in [-0.15, -0.1) is 0 Å². The molecule has 0 bridgehead atoms. The molecule has 176 valence electrons. The fourth-order valence-electron chi connectivity index (χ4n) is 4.25. The quantitative estimate of drug-likeness (QED) is 0.468. The minimum Gasteiger partial charge on any atom is -0.481 e. The zero-order valence-corrected chi connectivity index (χ0v) is 18.9. The maximum atomic E-state index is 12.5. The molecule has 0 unspecified atom stereocenters. The van der Waals surface area contributed by atoms with Crippen molar-refractivity contribution in [1.82, 2.24) is 15.1 Å². The third-order valence-corrected chi connectivity index (χ3v) is 5.94. The van der Waals surface area contributed by atoms with Crippen LogP contribution in [0.3, 0.4) is 0 Å². The number of ether oxygens (including phenoxy) is 1. The maximum absolute atomic E-state index is 12.5. The molecule has 0 spiro atoms. The van der Waals surface area contributed by atoms with Crippen molar-refractivity contribution in [3.05, 3.63) is 71.4 Å². The largest absolute Gasteiger partial charge is 0.481 e. The van der Waals surface area contributed by atoms with E-state index in [0.29, 0.717) is 6.42 Å². The second-order valence-electron chi connectivity index (χ2n) is 8.17. The van der Waals surface area contributed by atoms with E-state index in [1.54, 1.807) is 14.0 Å². The van der Waals surface area contributed by atoms with Gasteiger partial charge in [-0.2, -0.15) is 5.10 Å². The molecule has 1 aliphatic rings. The number of aliphatic carboxylic acids is 1. The molecule has 0 radical (unpaired) electrons. The highest BCUT2D eigenvalue weighted by Crippen LogP contribution is 2.44. The number of aryl methyl sites for hydroxylation is 1. The fraction of sp³-hybridized carbons (Fsp3) is 0.280. The van der Waals surface area contributed by atoms with Gasteiger partial charge in [0.25, 0.3) is 5.91 Å². The monoisotopic (exact) mass is 462 g/mol. The molecule has 9 nitrogen and oxygen atoms in total. The summed E-state index contributed by atoms with van der Waals surface area (Å²) in [5.74, 6) is -1.36. The summed E-state index contributed by atoms with van der Waals surface area (Å²) in [4.78, 5) is 36.0. The zero-order valence-electron chi connectivity index (χ0n) is 18.9. The highest BCUT2D eigenvalue weighted by atomic mass is 16.5. The molecule has 2 amide bonds. The minimum atomic E-state index is -0.991. The number of amides is 2. The number of hydrogen-bond donors (Lipinski definition) is 3. The number of hydrogen-bond acceptors (Lipinski definition) is 5. The Balaban J connectivity index is 1.39. The molecular formula is C25H26N4O5. The molecular weight excluding hydrogens is 436 g/mol. The van der Waals surface area contributed by atoms with Gasteiger partial charge in [0, 0.05) is 25.1 Å². The topological polar surface area (TPSA) is 123 Å². The van der Waals surface area contributed by atoms with Gasteiger partial charge in [-0.25, -0.2) is 4.79 Å². The maximum Gasteiger partial charge on any atom is 0.412 e. The van der Waals surface area contributed by atoms with Gasteiger partial charge in [-0.3, -0.25) is 19.6 Å². The van der Waals surface area contributed by atoms with Crippen LogP contribution in [0.5, 0.6) is 0 Å². The molecule has 1 atom stereocenters. The van der Waals surface area contributed by atoms with Gasteiger partial charge in [-0.05, 0) is 28.7 Å². The molecule has 0 fully saturated rings. The summed E-state index contributed by atoms with van der Waals surface area (Å²) < 4.78 is 6.84. The van der Waals surface area contributed by atoms with Gasteiger partial charge < -0.3 is 15.2 Å². The normalized spacial score (nSPS) is 13.0. The van der Waals surface area contributed by atoms with Crippen molar-refractivity contribution in [3.8, 4) is 11.1 Å². The second-order valence-corrected chi connectivity index (χ2v) is 8.17. The number of nitrogens with one attached hydrogen (secondary N) is 2. The fourth-order valence-corrected chi connectivity index (χ4v) is 4.25. The van der Waals surface area contributed by atoms with Crippen LogP contribution >= 0.6 is 0 Å². The number of nitrogens with zero attached hydrogens (tertiary/aromatic N) is 2. The Hall–Kier alpha value is -4.14. The zero-order chi connectivity index (χ0) is 24.2. The summed E-state index contributed by atoms with van der Waals surface area (Å²) in [6, 6.07) is 17.0. The Morgan fingerprint density at radius 2 is 1.71 bits per heavy atom.